The Hall–Kier alpha value is -4.35. The first-order valence-electron chi connectivity index (χ1n) is 18.2. The molecule has 53 heavy (non-hydrogen) atoms. The molecule has 4 aliphatic rings. The van der Waals surface area contributed by atoms with Crippen LogP contribution in [0.3, 0.4) is 0 Å². The average molecular weight is 767 g/mol. The minimum absolute atomic E-state index is 0.0257. The van der Waals surface area contributed by atoms with Crippen LogP contribution in [-0.4, -0.2) is 78.1 Å². The molecule has 3 N–H and O–H groups in total. The van der Waals surface area contributed by atoms with E-state index in [9.17, 15) is 32.9 Å². The van der Waals surface area contributed by atoms with Gasteiger partial charge in [0.1, 0.15) is 18.2 Å². The lowest BCUT2D eigenvalue weighted by Gasteiger charge is -2.31. The third-order valence-electron chi connectivity index (χ3n) is 10.9. The van der Waals surface area contributed by atoms with Crippen LogP contribution in [0.1, 0.15) is 77.0 Å². The molecule has 2 aliphatic carbocycles. The van der Waals surface area contributed by atoms with Gasteiger partial charge < -0.3 is 20.3 Å². The van der Waals surface area contributed by atoms with E-state index in [2.05, 4.69) is 21.4 Å². The molecule has 2 aromatic carbocycles. The molecule has 3 fully saturated rings. The maximum Gasteiger partial charge on any atom is 0.410 e. The molecule has 0 aromatic heterocycles. The Morgan fingerprint density at radius 3 is 2.43 bits per heavy atom. The number of rotatable bonds is 12. The lowest BCUT2D eigenvalue weighted by atomic mass is 9.86. The van der Waals surface area contributed by atoms with Crippen LogP contribution in [0.25, 0.3) is 0 Å². The number of carbonyl (C=O) groups is 4. The van der Waals surface area contributed by atoms with Gasteiger partial charge in [0.25, 0.3) is 0 Å². The van der Waals surface area contributed by atoms with Crippen molar-refractivity contribution in [3.05, 3.63) is 64.2 Å². The number of likely N-dealkylation sites (tertiary alicyclic amines) is 1. The topological polar surface area (TPSA) is 178 Å². The molecule has 0 radical (unpaired) electrons. The number of nitriles is 1. The van der Waals surface area contributed by atoms with Gasteiger partial charge in [0.05, 0.1) is 35.7 Å². The number of sulfonamides is 1. The Morgan fingerprint density at radius 1 is 1.08 bits per heavy atom. The fourth-order valence-corrected chi connectivity index (χ4v) is 9.00. The SMILES string of the molecule is CC[C@@H]1C(NC(=O)[C@@H]2C[C@@H](OC(=O)N3Cc4cccc(Cl)c4C3)CN2C(=O)[C@@H](Nc2cccc(C(C)(C)C#N)c2)C(C)C)[C@@H]1C(=O)NS(=O)(=O)C1CC1. The van der Waals surface area contributed by atoms with Crippen molar-refractivity contribution in [1.29, 1.82) is 5.26 Å². The van der Waals surface area contributed by atoms with Crippen LogP contribution >= 0.6 is 11.6 Å². The zero-order valence-corrected chi connectivity index (χ0v) is 32.2. The highest BCUT2D eigenvalue weighted by atomic mass is 35.5. The van der Waals surface area contributed by atoms with Gasteiger partial charge in [-0.05, 0) is 73.4 Å². The highest BCUT2D eigenvalue weighted by Gasteiger charge is 2.57. The fourth-order valence-electron chi connectivity index (χ4n) is 7.40. The maximum absolute atomic E-state index is 14.5. The van der Waals surface area contributed by atoms with Gasteiger partial charge >= 0.3 is 6.09 Å². The molecule has 6 atom stereocenters. The third kappa shape index (κ3) is 8.11. The zero-order valence-electron chi connectivity index (χ0n) is 30.6. The molecule has 1 saturated heterocycles. The lowest BCUT2D eigenvalue weighted by molar-refractivity contribution is -0.140. The van der Waals surface area contributed by atoms with Crippen molar-refractivity contribution in [2.75, 3.05) is 11.9 Å². The minimum Gasteiger partial charge on any atom is -0.444 e. The summed E-state index contributed by atoms with van der Waals surface area (Å²) in [6.07, 6.45) is 0.179. The monoisotopic (exact) mass is 766 g/mol. The number of halogens is 1. The number of anilines is 1. The van der Waals surface area contributed by atoms with Crippen LogP contribution in [0.5, 0.6) is 0 Å². The van der Waals surface area contributed by atoms with E-state index in [1.54, 1.807) is 6.07 Å². The Bertz CT molecular complexity index is 1940. The van der Waals surface area contributed by atoms with E-state index >= 15 is 0 Å². The Morgan fingerprint density at radius 2 is 1.79 bits per heavy atom. The number of fused-ring (bicyclic) bond motifs is 1. The Labute approximate surface area is 315 Å². The Kier molecular flexibility index (Phi) is 10.7. The van der Waals surface area contributed by atoms with E-state index in [1.165, 1.54) is 9.80 Å². The van der Waals surface area contributed by atoms with Crippen LogP contribution < -0.4 is 15.4 Å². The van der Waals surface area contributed by atoms with Gasteiger partial charge in [-0.25, -0.2) is 13.2 Å². The molecule has 4 amide bonds. The number of nitrogens with zero attached hydrogens (tertiary/aromatic N) is 3. The van der Waals surface area contributed by atoms with E-state index in [1.807, 2.05) is 71.0 Å². The van der Waals surface area contributed by atoms with E-state index in [-0.39, 0.29) is 37.3 Å². The van der Waals surface area contributed by atoms with Crippen LogP contribution in [-0.2, 0) is 47.6 Å². The fraction of sp³-hybridized carbons (Fsp3) is 0.553. The van der Waals surface area contributed by atoms with Gasteiger partial charge in [0.2, 0.25) is 27.7 Å². The number of benzene rings is 2. The highest BCUT2D eigenvalue weighted by molar-refractivity contribution is 7.90. The molecule has 2 aliphatic heterocycles. The summed E-state index contributed by atoms with van der Waals surface area (Å²) in [4.78, 5) is 58.0. The van der Waals surface area contributed by atoms with Gasteiger partial charge in [-0.1, -0.05) is 63.1 Å². The second kappa shape index (κ2) is 14.8. The number of hydrogen-bond acceptors (Lipinski definition) is 9. The largest absolute Gasteiger partial charge is 0.444 e. The highest BCUT2D eigenvalue weighted by Crippen LogP contribution is 2.43. The van der Waals surface area contributed by atoms with Gasteiger partial charge in [0, 0.05) is 29.7 Å². The smallest absolute Gasteiger partial charge is 0.410 e. The van der Waals surface area contributed by atoms with E-state index < -0.39 is 68.7 Å². The standard InChI is InChI=1S/C38H47ClN6O7S/c1-6-27-31(35(47)43-53(50,51)26-13-14-26)33(27)42-34(46)30-16-25(52-37(49)44-17-22-9-7-12-29(39)28(22)19-44)18-45(30)36(48)32(21(2)3)41-24-11-8-10-23(15-24)38(4,5)20-40/h7-12,15,21,25-27,30-33,41H,6,13-14,16-19H2,1-5H3,(H,42,46)(H,43,47)/t25-,27+,30+,31-,32+,33?/m1/s1. The molecule has 2 saturated carbocycles. The van der Waals surface area contributed by atoms with Gasteiger partial charge in [-0.2, -0.15) is 5.26 Å². The first kappa shape index (κ1) is 38.4. The normalized spacial score (nSPS) is 24.2. The van der Waals surface area contributed by atoms with Gasteiger partial charge in [-0.3, -0.25) is 24.0 Å². The molecular formula is C38H47ClN6O7S. The number of nitrogens with one attached hydrogen (secondary N) is 3. The quantitative estimate of drug-likeness (QED) is 0.282. The summed E-state index contributed by atoms with van der Waals surface area (Å²) >= 11 is 6.37. The minimum atomic E-state index is -3.76. The molecule has 1 unspecified atom stereocenters. The van der Waals surface area contributed by atoms with Crippen molar-refractivity contribution in [1.82, 2.24) is 19.8 Å². The van der Waals surface area contributed by atoms with E-state index in [0.717, 1.165) is 16.7 Å². The van der Waals surface area contributed by atoms with Crippen molar-refractivity contribution in [2.24, 2.45) is 17.8 Å². The van der Waals surface area contributed by atoms with Crippen molar-refractivity contribution < 1.29 is 32.3 Å². The van der Waals surface area contributed by atoms with Crippen molar-refractivity contribution in [3.8, 4) is 6.07 Å². The number of hydrogen-bond donors (Lipinski definition) is 3. The third-order valence-corrected chi connectivity index (χ3v) is 13.1. The molecule has 0 bridgehead atoms. The van der Waals surface area contributed by atoms with Crippen LogP contribution in [0.4, 0.5) is 10.5 Å². The number of carbonyl (C=O) groups excluding carboxylic acids is 4. The molecule has 2 heterocycles. The molecule has 284 valence electrons. The lowest BCUT2D eigenvalue weighted by Crippen LogP contribution is -2.52. The van der Waals surface area contributed by atoms with Crippen molar-refractivity contribution in [3.63, 3.8) is 0 Å². The molecular weight excluding hydrogens is 720 g/mol. The summed E-state index contributed by atoms with van der Waals surface area (Å²) in [5.74, 6) is -2.76. The second-order valence-electron chi connectivity index (χ2n) is 15.5. The first-order chi connectivity index (χ1) is 25.0. The summed E-state index contributed by atoms with van der Waals surface area (Å²) in [6, 6.07) is 12.7. The number of amides is 4. The second-order valence-corrected chi connectivity index (χ2v) is 17.9. The molecule has 0 spiro atoms. The van der Waals surface area contributed by atoms with Gasteiger partial charge in [-0.15, -0.1) is 0 Å². The van der Waals surface area contributed by atoms with E-state index in [4.69, 9.17) is 16.3 Å². The maximum atomic E-state index is 14.5. The van der Waals surface area contributed by atoms with Crippen LogP contribution in [0, 0.1) is 29.1 Å². The molecule has 6 rings (SSSR count). The van der Waals surface area contributed by atoms with Crippen LogP contribution in [0.15, 0.2) is 42.5 Å². The number of ether oxygens (including phenoxy) is 1. The van der Waals surface area contributed by atoms with Crippen molar-refractivity contribution >= 4 is 51.1 Å². The summed E-state index contributed by atoms with van der Waals surface area (Å²) in [5, 5.41) is 15.9. The van der Waals surface area contributed by atoms with Crippen molar-refractivity contribution in [2.45, 2.75) is 108 Å². The Balaban J connectivity index is 1.20. The van der Waals surface area contributed by atoms with Crippen LogP contribution in [0.2, 0.25) is 5.02 Å². The van der Waals surface area contributed by atoms with Gasteiger partial charge in [0.15, 0.2) is 0 Å². The summed E-state index contributed by atoms with van der Waals surface area (Å²) in [7, 11) is -3.76. The molecule has 2 aromatic rings. The molecule has 13 nitrogen and oxygen atoms in total. The molecule has 15 heteroatoms. The summed E-state index contributed by atoms with van der Waals surface area (Å²) in [6.45, 7) is 9.79. The predicted molar refractivity (Wildman–Crippen MR) is 198 cm³/mol. The predicted octanol–water partition coefficient (Wildman–Crippen LogP) is 4.45. The summed E-state index contributed by atoms with van der Waals surface area (Å²) in [5.41, 5.74) is 2.41. The first-order valence-corrected chi connectivity index (χ1v) is 20.1. The summed E-state index contributed by atoms with van der Waals surface area (Å²) < 4.78 is 33.1. The average Bonchev–Trinajstić information content (AvgIpc) is 4.00. The zero-order chi connectivity index (χ0) is 38.4. The van der Waals surface area contributed by atoms with E-state index in [0.29, 0.717) is 36.5 Å².